The molecule has 0 fully saturated rings. The molecule has 5 heteroatoms. The molecule has 0 aromatic heterocycles. The highest BCUT2D eigenvalue weighted by Gasteiger charge is 2.19. The quantitative estimate of drug-likeness (QED) is 0.828. The smallest absolute Gasteiger partial charge is 0.261 e. The minimum Gasteiger partial charge on any atom is -0.507 e. The molecule has 0 saturated heterocycles. The Labute approximate surface area is 126 Å². The topological polar surface area (TPSA) is 66.6 Å². The van der Waals surface area contributed by atoms with Gasteiger partial charge < -0.3 is 15.7 Å². The number of rotatable bonds is 2. The fourth-order valence-electron chi connectivity index (χ4n) is 1.95. The molecule has 0 bridgehead atoms. The summed E-state index contributed by atoms with van der Waals surface area (Å²) >= 11 is 3.33. The van der Waals surface area contributed by atoms with Crippen LogP contribution >= 0.6 is 15.9 Å². The third kappa shape index (κ3) is 2.63. The molecule has 0 aliphatic heterocycles. The maximum absolute atomic E-state index is 12.5. The Bertz CT molecular complexity index is 671. The second-order valence-corrected chi connectivity index (χ2v) is 5.45. The van der Waals surface area contributed by atoms with Crippen molar-refractivity contribution in [3.8, 4) is 5.75 Å². The molecule has 0 atom stereocenters. The number of anilines is 2. The molecule has 0 spiro atoms. The van der Waals surface area contributed by atoms with E-state index in [4.69, 9.17) is 5.73 Å². The third-order valence-electron chi connectivity index (χ3n) is 3.12. The van der Waals surface area contributed by atoms with Gasteiger partial charge in [-0.15, -0.1) is 0 Å². The van der Waals surface area contributed by atoms with E-state index < -0.39 is 0 Å². The Morgan fingerprint density at radius 1 is 1.30 bits per heavy atom. The number of hydrogen-bond donors (Lipinski definition) is 2. The van der Waals surface area contributed by atoms with Crippen LogP contribution in [0.5, 0.6) is 5.75 Å². The monoisotopic (exact) mass is 334 g/mol. The molecular weight excluding hydrogens is 320 g/mol. The Morgan fingerprint density at radius 3 is 2.65 bits per heavy atom. The summed E-state index contributed by atoms with van der Waals surface area (Å²) in [6, 6.07) is 10.4. The van der Waals surface area contributed by atoms with E-state index in [2.05, 4.69) is 15.9 Å². The lowest BCUT2D eigenvalue weighted by atomic mass is 10.1. The molecule has 0 unspecified atom stereocenters. The molecule has 2 aromatic rings. The number of phenolic OH excluding ortho intramolecular Hbond substituents is 1. The molecule has 2 rings (SSSR count). The van der Waals surface area contributed by atoms with Crippen LogP contribution in [-0.4, -0.2) is 18.1 Å². The average Bonchev–Trinajstić information content (AvgIpc) is 2.40. The van der Waals surface area contributed by atoms with Crippen LogP contribution in [0.3, 0.4) is 0 Å². The van der Waals surface area contributed by atoms with E-state index in [-0.39, 0.29) is 17.2 Å². The van der Waals surface area contributed by atoms with E-state index in [1.807, 2.05) is 6.07 Å². The summed E-state index contributed by atoms with van der Waals surface area (Å²) in [7, 11) is 1.63. The number of hydrogen-bond acceptors (Lipinski definition) is 3. The van der Waals surface area contributed by atoms with Gasteiger partial charge in [0, 0.05) is 11.5 Å². The first-order valence-corrected chi connectivity index (χ1v) is 6.82. The molecule has 2 aromatic carbocycles. The van der Waals surface area contributed by atoms with Crippen molar-refractivity contribution in [1.29, 1.82) is 0 Å². The van der Waals surface area contributed by atoms with Crippen molar-refractivity contribution in [3.05, 3.63) is 52.0 Å². The number of aryl methyl sites for hydroxylation is 1. The van der Waals surface area contributed by atoms with E-state index in [1.54, 1.807) is 44.3 Å². The van der Waals surface area contributed by atoms with Crippen molar-refractivity contribution in [1.82, 2.24) is 0 Å². The second kappa shape index (κ2) is 5.54. The lowest BCUT2D eigenvalue weighted by Gasteiger charge is -2.20. The van der Waals surface area contributed by atoms with Gasteiger partial charge in [-0.05, 0) is 36.8 Å². The van der Waals surface area contributed by atoms with Gasteiger partial charge in [0.2, 0.25) is 0 Å². The zero-order valence-electron chi connectivity index (χ0n) is 11.2. The Balaban J connectivity index is 2.40. The number of carbonyl (C=O) groups is 1. The summed E-state index contributed by atoms with van der Waals surface area (Å²) in [5, 5.41) is 9.99. The molecule has 104 valence electrons. The number of amides is 1. The number of halogens is 1. The number of nitrogen functional groups attached to an aromatic ring is 1. The van der Waals surface area contributed by atoms with Crippen molar-refractivity contribution in [2.45, 2.75) is 6.92 Å². The number of benzene rings is 2. The van der Waals surface area contributed by atoms with Gasteiger partial charge in [-0.3, -0.25) is 4.79 Å². The first-order chi connectivity index (χ1) is 9.41. The average molecular weight is 335 g/mol. The standard InChI is InChI=1S/C15H15BrN2O2/c1-9-4-3-5-11(14(9)19)15(20)18(2)13-7-6-10(16)8-12(13)17/h3-8,19H,17H2,1-2H3. The van der Waals surface area contributed by atoms with E-state index >= 15 is 0 Å². The first kappa shape index (κ1) is 14.4. The van der Waals surface area contributed by atoms with E-state index in [0.717, 1.165) is 4.47 Å². The lowest BCUT2D eigenvalue weighted by Crippen LogP contribution is -2.27. The zero-order chi connectivity index (χ0) is 14.9. The summed E-state index contributed by atoms with van der Waals surface area (Å²) in [6.07, 6.45) is 0. The minimum absolute atomic E-state index is 0.0000307. The SMILES string of the molecule is Cc1cccc(C(=O)N(C)c2ccc(Br)cc2N)c1O. The molecule has 0 radical (unpaired) electrons. The first-order valence-electron chi connectivity index (χ1n) is 6.03. The Kier molecular flexibility index (Phi) is 3.99. The third-order valence-corrected chi connectivity index (χ3v) is 3.62. The molecule has 4 nitrogen and oxygen atoms in total. The molecule has 0 aliphatic carbocycles. The highest BCUT2D eigenvalue weighted by molar-refractivity contribution is 9.10. The van der Waals surface area contributed by atoms with Gasteiger partial charge in [0.05, 0.1) is 16.9 Å². The van der Waals surface area contributed by atoms with Gasteiger partial charge in [0.25, 0.3) is 5.91 Å². The molecule has 20 heavy (non-hydrogen) atoms. The minimum atomic E-state index is -0.305. The van der Waals surface area contributed by atoms with Crippen LogP contribution in [0.2, 0.25) is 0 Å². The van der Waals surface area contributed by atoms with E-state index in [1.165, 1.54) is 4.90 Å². The van der Waals surface area contributed by atoms with Crippen LogP contribution in [0.4, 0.5) is 11.4 Å². The maximum Gasteiger partial charge on any atom is 0.261 e. The highest BCUT2D eigenvalue weighted by Crippen LogP contribution is 2.29. The molecular formula is C15H15BrN2O2. The predicted octanol–water partition coefficient (Wildman–Crippen LogP) is 3.32. The number of nitrogens with zero attached hydrogens (tertiary/aromatic N) is 1. The number of aromatic hydroxyl groups is 1. The lowest BCUT2D eigenvalue weighted by molar-refractivity contribution is 0.0990. The number of phenols is 1. The van der Waals surface area contributed by atoms with Gasteiger partial charge in [-0.1, -0.05) is 28.1 Å². The van der Waals surface area contributed by atoms with Gasteiger partial charge >= 0.3 is 0 Å². The fourth-order valence-corrected chi connectivity index (χ4v) is 2.33. The van der Waals surface area contributed by atoms with Crippen LogP contribution in [0.15, 0.2) is 40.9 Å². The summed E-state index contributed by atoms with van der Waals surface area (Å²) in [6.45, 7) is 1.75. The summed E-state index contributed by atoms with van der Waals surface area (Å²) in [5.41, 5.74) is 7.92. The Morgan fingerprint density at radius 2 is 2.00 bits per heavy atom. The van der Waals surface area contributed by atoms with Crippen molar-refractivity contribution >= 4 is 33.2 Å². The number of carbonyl (C=O) groups excluding carboxylic acids is 1. The van der Waals surface area contributed by atoms with Crippen LogP contribution in [0, 0.1) is 6.92 Å². The molecule has 0 saturated carbocycles. The van der Waals surface area contributed by atoms with Crippen LogP contribution < -0.4 is 10.6 Å². The van der Waals surface area contributed by atoms with Gasteiger partial charge in [0.15, 0.2) is 0 Å². The second-order valence-electron chi connectivity index (χ2n) is 4.54. The molecule has 3 N–H and O–H groups in total. The molecule has 1 amide bonds. The van der Waals surface area contributed by atoms with Crippen molar-refractivity contribution in [2.75, 3.05) is 17.7 Å². The van der Waals surface area contributed by atoms with Crippen LogP contribution in [-0.2, 0) is 0 Å². The van der Waals surface area contributed by atoms with Crippen LogP contribution in [0.25, 0.3) is 0 Å². The summed E-state index contributed by atoms with van der Waals surface area (Å²) < 4.78 is 0.845. The van der Waals surface area contributed by atoms with Gasteiger partial charge in [0.1, 0.15) is 5.75 Å². The largest absolute Gasteiger partial charge is 0.507 e. The maximum atomic E-state index is 12.5. The van der Waals surface area contributed by atoms with Crippen molar-refractivity contribution in [2.24, 2.45) is 0 Å². The molecule has 0 aliphatic rings. The number of nitrogens with two attached hydrogens (primary N) is 1. The predicted molar refractivity (Wildman–Crippen MR) is 84.1 cm³/mol. The van der Waals surface area contributed by atoms with Crippen molar-refractivity contribution < 1.29 is 9.90 Å². The summed E-state index contributed by atoms with van der Waals surface area (Å²) in [5.74, 6) is -0.305. The Hall–Kier alpha value is -2.01. The van der Waals surface area contributed by atoms with Crippen molar-refractivity contribution in [3.63, 3.8) is 0 Å². The normalized spacial score (nSPS) is 10.3. The van der Waals surface area contributed by atoms with Gasteiger partial charge in [-0.25, -0.2) is 0 Å². The summed E-state index contributed by atoms with van der Waals surface area (Å²) in [4.78, 5) is 13.9. The van der Waals surface area contributed by atoms with Crippen LogP contribution in [0.1, 0.15) is 15.9 Å². The highest BCUT2D eigenvalue weighted by atomic mass is 79.9. The number of para-hydroxylation sites is 1. The van der Waals surface area contributed by atoms with Gasteiger partial charge in [-0.2, -0.15) is 0 Å². The van der Waals surface area contributed by atoms with E-state index in [0.29, 0.717) is 16.9 Å². The fraction of sp³-hybridized carbons (Fsp3) is 0.133. The zero-order valence-corrected chi connectivity index (χ0v) is 12.8. The molecule has 0 heterocycles. The van der Waals surface area contributed by atoms with E-state index in [9.17, 15) is 9.90 Å².